The van der Waals surface area contributed by atoms with Crippen LogP contribution in [0.3, 0.4) is 0 Å². The van der Waals surface area contributed by atoms with Crippen molar-refractivity contribution in [1.82, 2.24) is 19.5 Å². The van der Waals surface area contributed by atoms with Gasteiger partial charge in [0.05, 0.1) is 17.7 Å². The Morgan fingerprint density at radius 3 is 2.84 bits per heavy atom. The molecule has 0 spiro atoms. The first-order valence-corrected chi connectivity index (χ1v) is 8.81. The number of nitrogen functional groups attached to an aromatic ring is 1. The van der Waals surface area contributed by atoms with Gasteiger partial charge < -0.3 is 20.1 Å². The Morgan fingerprint density at radius 2 is 2.08 bits per heavy atom. The number of anilines is 1. The molecule has 7 heteroatoms. The Bertz CT molecular complexity index is 915. The van der Waals surface area contributed by atoms with Gasteiger partial charge in [-0.2, -0.15) is 0 Å². The maximum absolute atomic E-state index is 11.0. The number of pyridine rings is 2. The van der Waals surface area contributed by atoms with Crippen molar-refractivity contribution in [1.29, 1.82) is 0 Å². The summed E-state index contributed by atoms with van der Waals surface area (Å²) in [6, 6.07) is 3.73. The van der Waals surface area contributed by atoms with Gasteiger partial charge in [0.15, 0.2) is 5.82 Å². The Kier molecular flexibility index (Phi) is 4.05. The average Bonchev–Trinajstić information content (AvgIpc) is 3.18. The zero-order chi connectivity index (χ0) is 17.4. The molecule has 7 nitrogen and oxygen atoms in total. The summed E-state index contributed by atoms with van der Waals surface area (Å²) in [6.07, 6.45) is 5.43. The molecule has 25 heavy (non-hydrogen) atoms. The fraction of sp³-hybridized carbons (Fsp3) is 0.500. The van der Waals surface area contributed by atoms with E-state index in [1.165, 1.54) is 0 Å². The summed E-state index contributed by atoms with van der Waals surface area (Å²) < 4.78 is 7.62. The summed E-state index contributed by atoms with van der Waals surface area (Å²) in [4.78, 5) is 13.6. The minimum Gasteiger partial charge on any atom is -0.388 e. The first-order chi connectivity index (χ1) is 12.1. The number of ether oxygens (including phenoxy) is 1. The van der Waals surface area contributed by atoms with E-state index in [1.807, 2.05) is 23.6 Å². The highest BCUT2D eigenvalue weighted by molar-refractivity contribution is 6.04. The molecule has 0 unspecified atom stereocenters. The molecule has 132 valence electrons. The number of fused-ring (bicyclic) bond motifs is 3. The molecule has 3 aromatic rings. The summed E-state index contributed by atoms with van der Waals surface area (Å²) >= 11 is 0. The van der Waals surface area contributed by atoms with Crippen LogP contribution >= 0.6 is 0 Å². The van der Waals surface area contributed by atoms with E-state index < -0.39 is 5.60 Å². The summed E-state index contributed by atoms with van der Waals surface area (Å²) in [5, 5.41) is 11.0. The van der Waals surface area contributed by atoms with Crippen LogP contribution in [0.2, 0.25) is 0 Å². The number of rotatable bonds is 5. The lowest BCUT2D eigenvalue weighted by atomic mass is 10.0. The Hall–Kier alpha value is -2.25. The third-order valence-electron chi connectivity index (χ3n) is 4.96. The number of hydrogen-bond acceptors (Lipinski definition) is 6. The maximum Gasteiger partial charge on any atom is 0.152 e. The van der Waals surface area contributed by atoms with Gasteiger partial charge in [-0.25, -0.2) is 9.97 Å². The lowest BCUT2D eigenvalue weighted by Gasteiger charge is -2.24. The van der Waals surface area contributed by atoms with Crippen molar-refractivity contribution in [2.75, 3.05) is 12.3 Å². The number of imidazole rings is 1. The van der Waals surface area contributed by atoms with E-state index in [0.717, 1.165) is 48.1 Å². The van der Waals surface area contributed by atoms with E-state index >= 15 is 0 Å². The highest BCUT2D eigenvalue weighted by atomic mass is 16.5. The van der Waals surface area contributed by atoms with Gasteiger partial charge in [0.2, 0.25) is 0 Å². The third-order valence-corrected chi connectivity index (χ3v) is 4.96. The molecule has 0 radical (unpaired) electrons. The van der Waals surface area contributed by atoms with Crippen LogP contribution in [-0.2, 0) is 17.9 Å². The summed E-state index contributed by atoms with van der Waals surface area (Å²) in [6.45, 7) is 3.39. The van der Waals surface area contributed by atoms with Crippen molar-refractivity contribution in [2.24, 2.45) is 0 Å². The summed E-state index contributed by atoms with van der Waals surface area (Å²) in [5.74, 6) is 1.13. The molecule has 1 saturated carbocycles. The average molecular weight is 341 g/mol. The standard InChI is InChI=1S/C18H23N5O2/c1-2-25-10-13-22-15-16(23(13)11-18(24)7-3-4-8-18)14-12(21-17(15)19)6-5-9-20-14/h5-6,9,24H,2-4,7-8,10-11H2,1H3,(H2,19,21). The van der Waals surface area contributed by atoms with Crippen molar-refractivity contribution in [3.63, 3.8) is 0 Å². The molecule has 0 bridgehead atoms. The van der Waals surface area contributed by atoms with Gasteiger partial charge in [-0.1, -0.05) is 12.8 Å². The monoisotopic (exact) mass is 341 g/mol. The second-order valence-electron chi connectivity index (χ2n) is 6.75. The van der Waals surface area contributed by atoms with E-state index in [4.69, 9.17) is 10.5 Å². The largest absolute Gasteiger partial charge is 0.388 e. The topological polar surface area (TPSA) is 99.1 Å². The third kappa shape index (κ3) is 2.83. The van der Waals surface area contributed by atoms with Crippen molar-refractivity contribution in [2.45, 2.75) is 51.4 Å². The number of nitrogens with two attached hydrogens (primary N) is 1. The maximum atomic E-state index is 11.0. The molecule has 1 fully saturated rings. The van der Waals surface area contributed by atoms with Crippen molar-refractivity contribution in [3.05, 3.63) is 24.2 Å². The predicted octanol–water partition coefficient (Wildman–Crippen LogP) is 2.40. The smallest absolute Gasteiger partial charge is 0.152 e. The summed E-state index contributed by atoms with van der Waals surface area (Å²) in [5.41, 5.74) is 8.39. The van der Waals surface area contributed by atoms with Gasteiger partial charge in [0, 0.05) is 12.8 Å². The predicted molar refractivity (Wildman–Crippen MR) is 96.0 cm³/mol. The minimum atomic E-state index is -0.715. The van der Waals surface area contributed by atoms with Crippen LogP contribution in [0.4, 0.5) is 5.82 Å². The fourth-order valence-corrected chi connectivity index (χ4v) is 3.73. The van der Waals surface area contributed by atoms with Crippen LogP contribution < -0.4 is 5.73 Å². The van der Waals surface area contributed by atoms with Crippen LogP contribution in [0.5, 0.6) is 0 Å². The molecule has 0 aromatic carbocycles. The molecule has 1 aliphatic rings. The van der Waals surface area contributed by atoms with Gasteiger partial charge in [0.1, 0.15) is 29.0 Å². The quantitative estimate of drug-likeness (QED) is 0.739. The van der Waals surface area contributed by atoms with E-state index in [0.29, 0.717) is 31.1 Å². The van der Waals surface area contributed by atoms with Gasteiger partial charge >= 0.3 is 0 Å². The fourth-order valence-electron chi connectivity index (χ4n) is 3.73. The second kappa shape index (κ2) is 6.24. The highest BCUT2D eigenvalue weighted by Gasteiger charge is 2.33. The van der Waals surface area contributed by atoms with Crippen LogP contribution in [0, 0.1) is 0 Å². The van der Waals surface area contributed by atoms with Crippen LogP contribution in [0.25, 0.3) is 22.1 Å². The molecular formula is C18H23N5O2. The first-order valence-electron chi connectivity index (χ1n) is 8.81. The van der Waals surface area contributed by atoms with Crippen LogP contribution in [-0.4, -0.2) is 36.8 Å². The minimum absolute atomic E-state index is 0.370. The molecule has 1 aliphatic carbocycles. The Morgan fingerprint density at radius 1 is 1.28 bits per heavy atom. The van der Waals surface area contributed by atoms with Crippen molar-refractivity contribution < 1.29 is 9.84 Å². The van der Waals surface area contributed by atoms with E-state index in [-0.39, 0.29) is 0 Å². The number of hydrogen-bond donors (Lipinski definition) is 2. The van der Waals surface area contributed by atoms with Gasteiger partial charge in [-0.05, 0) is 31.9 Å². The molecule has 0 saturated heterocycles. The molecule has 3 aromatic heterocycles. The van der Waals surface area contributed by atoms with Crippen LogP contribution in [0.1, 0.15) is 38.4 Å². The Labute approximate surface area is 145 Å². The van der Waals surface area contributed by atoms with Gasteiger partial charge in [-0.3, -0.25) is 4.98 Å². The van der Waals surface area contributed by atoms with Crippen molar-refractivity contribution >= 4 is 27.9 Å². The Balaban J connectivity index is 1.95. The van der Waals surface area contributed by atoms with E-state index in [1.54, 1.807) is 6.20 Å². The number of aliphatic hydroxyl groups is 1. The van der Waals surface area contributed by atoms with Crippen molar-refractivity contribution in [3.8, 4) is 0 Å². The normalized spacial score (nSPS) is 16.9. The zero-order valence-electron chi connectivity index (χ0n) is 14.4. The molecule has 4 rings (SSSR count). The second-order valence-corrected chi connectivity index (χ2v) is 6.75. The zero-order valence-corrected chi connectivity index (χ0v) is 14.4. The molecule has 3 N–H and O–H groups in total. The molecular weight excluding hydrogens is 318 g/mol. The summed E-state index contributed by atoms with van der Waals surface area (Å²) in [7, 11) is 0. The van der Waals surface area contributed by atoms with Crippen LogP contribution in [0.15, 0.2) is 18.3 Å². The lowest BCUT2D eigenvalue weighted by molar-refractivity contribution is 0.0281. The molecule has 0 aliphatic heterocycles. The number of nitrogens with zero attached hydrogens (tertiary/aromatic N) is 4. The lowest BCUT2D eigenvalue weighted by Crippen LogP contribution is -2.31. The SMILES string of the molecule is CCOCc1nc2c(N)nc3cccnc3c2n1CC1(O)CCCC1. The molecule has 0 amide bonds. The molecule has 0 atom stereocenters. The first kappa shape index (κ1) is 16.2. The molecule has 3 heterocycles. The van der Waals surface area contributed by atoms with E-state index in [2.05, 4.69) is 15.0 Å². The number of aromatic nitrogens is 4. The van der Waals surface area contributed by atoms with Gasteiger partial charge in [0.25, 0.3) is 0 Å². The highest BCUT2D eigenvalue weighted by Crippen LogP contribution is 2.34. The van der Waals surface area contributed by atoms with E-state index in [9.17, 15) is 5.11 Å². The van der Waals surface area contributed by atoms with Gasteiger partial charge in [-0.15, -0.1) is 0 Å².